The zero-order chi connectivity index (χ0) is 20.1. The van der Waals surface area contributed by atoms with Gasteiger partial charge in [-0.3, -0.25) is 19.9 Å². The summed E-state index contributed by atoms with van der Waals surface area (Å²) >= 11 is 0. The zero-order valence-corrected chi connectivity index (χ0v) is 14.4. The molecule has 28 heavy (non-hydrogen) atoms. The molecule has 3 aromatic rings. The highest BCUT2D eigenvalue weighted by atomic mass is 16.6. The van der Waals surface area contributed by atoms with Crippen molar-refractivity contribution in [3.63, 3.8) is 0 Å². The Morgan fingerprint density at radius 3 is 2.64 bits per heavy atom. The molecule has 0 saturated heterocycles. The Hall–Kier alpha value is -4.28. The number of nitro groups is 1. The number of aromatic nitrogens is 3. The van der Waals surface area contributed by atoms with Gasteiger partial charge in [-0.15, -0.1) is 10.2 Å². The third kappa shape index (κ3) is 3.93. The Morgan fingerprint density at radius 2 is 2.00 bits per heavy atom. The highest BCUT2D eigenvalue weighted by molar-refractivity contribution is 5.83. The molecule has 2 aromatic carbocycles. The van der Waals surface area contributed by atoms with Crippen LogP contribution in [0.25, 0.3) is 11.3 Å². The van der Waals surface area contributed by atoms with Gasteiger partial charge in [0.1, 0.15) is 5.75 Å². The summed E-state index contributed by atoms with van der Waals surface area (Å²) in [6, 6.07) is 11.2. The maximum absolute atomic E-state index is 12.1. The molecule has 0 aliphatic carbocycles. The molecule has 0 saturated carbocycles. The van der Waals surface area contributed by atoms with Crippen LogP contribution in [0.5, 0.6) is 11.5 Å². The highest BCUT2D eigenvalue weighted by Gasteiger charge is 2.13. The molecule has 1 aromatic heterocycles. The van der Waals surface area contributed by atoms with Crippen LogP contribution in [0.3, 0.4) is 0 Å². The summed E-state index contributed by atoms with van der Waals surface area (Å²) in [5.41, 5.74) is 2.37. The molecule has 0 radical (unpaired) electrons. The first kappa shape index (κ1) is 18.5. The van der Waals surface area contributed by atoms with E-state index < -0.39 is 21.9 Å². The number of benzene rings is 2. The maximum atomic E-state index is 12.1. The van der Waals surface area contributed by atoms with Gasteiger partial charge < -0.3 is 9.84 Å². The van der Waals surface area contributed by atoms with Crippen molar-refractivity contribution in [2.45, 2.75) is 0 Å². The lowest BCUT2D eigenvalue weighted by Crippen LogP contribution is -2.15. The van der Waals surface area contributed by atoms with Gasteiger partial charge in [0.05, 0.1) is 18.2 Å². The largest absolute Gasteiger partial charge is 0.865 e. The van der Waals surface area contributed by atoms with Crippen molar-refractivity contribution in [3.05, 3.63) is 68.5 Å². The van der Waals surface area contributed by atoms with E-state index in [-0.39, 0.29) is 23.0 Å². The average Bonchev–Trinajstić information content (AvgIpc) is 2.69. The van der Waals surface area contributed by atoms with Crippen LogP contribution in [-0.4, -0.2) is 33.4 Å². The number of ether oxygens (including phenoxy) is 1. The molecule has 0 fully saturated rings. The van der Waals surface area contributed by atoms with Crippen molar-refractivity contribution in [2.24, 2.45) is 5.10 Å². The smallest absolute Gasteiger partial charge is 0.279 e. The van der Waals surface area contributed by atoms with E-state index in [4.69, 9.17) is 4.74 Å². The lowest BCUT2D eigenvalue weighted by Gasteiger charge is -2.12. The van der Waals surface area contributed by atoms with Gasteiger partial charge in [0.25, 0.3) is 11.2 Å². The fourth-order valence-corrected chi connectivity index (χ4v) is 2.31. The van der Waals surface area contributed by atoms with Crippen molar-refractivity contribution in [2.75, 3.05) is 12.5 Å². The van der Waals surface area contributed by atoms with E-state index in [0.717, 1.165) is 6.07 Å². The van der Waals surface area contributed by atoms with Crippen molar-refractivity contribution >= 4 is 17.9 Å². The summed E-state index contributed by atoms with van der Waals surface area (Å²) in [4.78, 5) is 24.8. The molecule has 3 rings (SSSR count). The fourth-order valence-electron chi connectivity index (χ4n) is 2.31. The van der Waals surface area contributed by atoms with Gasteiger partial charge in [-0.1, -0.05) is 30.3 Å². The number of nitrogens with one attached hydrogen (secondary N) is 2. The number of hydrogen-bond donors (Lipinski definition) is 2. The molecular weight excluding hydrogens is 368 g/mol. The fraction of sp³-hybridized carbons (Fsp3) is 0.0588. The van der Waals surface area contributed by atoms with Gasteiger partial charge in [0.15, 0.2) is 5.69 Å². The highest BCUT2D eigenvalue weighted by Crippen LogP contribution is 2.33. The molecular formula is C17H13N6O5-. The second kappa shape index (κ2) is 7.95. The second-order valence-electron chi connectivity index (χ2n) is 5.42. The zero-order valence-electron chi connectivity index (χ0n) is 14.4. The molecule has 0 spiro atoms. The number of aromatic amines is 1. The Morgan fingerprint density at radius 1 is 1.25 bits per heavy atom. The van der Waals surface area contributed by atoms with Gasteiger partial charge in [-0.2, -0.15) is 5.10 Å². The summed E-state index contributed by atoms with van der Waals surface area (Å²) in [6.07, 6.45) is 1.21. The summed E-state index contributed by atoms with van der Waals surface area (Å²) in [6.45, 7) is 0. The molecule has 2 N–H and O–H groups in total. The summed E-state index contributed by atoms with van der Waals surface area (Å²) in [5, 5.41) is 34.3. The second-order valence-corrected chi connectivity index (χ2v) is 5.42. The van der Waals surface area contributed by atoms with Crippen molar-refractivity contribution in [1.82, 2.24) is 15.2 Å². The molecule has 142 valence electrons. The van der Waals surface area contributed by atoms with Crippen LogP contribution in [0.1, 0.15) is 5.56 Å². The van der Waals surface area contributed by atoms with Crippen LogP contribution in [0.2, 0.25) is 0 Å². The quantitative estimate of drug-likeness (QED) is 0.367. The molecule has 0 bridgehead atoms. The topological polar surface area (TPSA) is 158 Å². The Balaban J connectivity index is 1.80. The summed E-state index contributed by atoms with van der Waals surface area (Å²) < 4.78 is 4.84. The lowest BCUT2D eigenvalue weighted by atomic mass is 10.2. The Kier molecular flexibility index (Phi) is 5.25. The van der Waals surface area contributed by atoms with Gasteiger partial charge in [-0.05, 0) is 6.07 Å². The minimum Gasteiger partial charge on any atom is -0.865 e. The molecule has 1 heterocycles. The molecule has 0 atom stereocenters. The van der Waals surface area contributed by atoms with Crippen LogP contribution in [-0.2, 0) is 0 Å². The van der Waals surface area contributed by atoms with E-state index in [9.17, 15) is 20.0 Å². The molecule has 11 heteroatoms. The first-order chi connectivity index (χ1) is 13.5. The number of hydrazone groups is 1. The maximum Gasteiger partial charge on any atom is 0.279 e. The van der Waals surface area contributed by atoms with Gasteiger partial charge in [0, 0.05) is 22.9 Å². The summed E-state index contributed by atoms with van der Waals surface area (Å²) in [7, 11) is 1.23. The Bertz CT molecular complexity index is 1100. The minimum absolute atomic E-state index is 0.0251. The van der Waals surface area contributed by atoms with Crippen LogP contribution >= 0.6 is 0 Å². The van der Waals surface area contributed by atoms with E-state index in [2.05, 4.69) is 25.7 Å². The molecule has 0 amide bonds. The number of anilines is 1. The van der Waals surface area contributed by atoms with Crippen LogP contribution in [0, 0.1) is 10.1 Å². The SMILES string of the molecule is COc1cc(/C=N/Nc2nnc(-c3ccccc3)c(=O)[nH]2)cc([N+](=O)[O-])c1[O-]. The monoisotopic (exact) mass is 381 g/mol. The van der Waals surface area contributed by atoms with Crippen LogP contribution in [0.4, 0.5) is 11.6 Å². The first-order valence-electron chi connectivity index (χ1n) is 7.84. The number of rotatable bonds is 6. The van der Waals surface area contributed by atoms with E-state index >= 15 is 0 Å². The molecule has 0 aliphatic heterocycles. The van der Waals surface area contributed by atoms with E-state index in [0.29, 0.717) is 5.56 Å². The normalized spacial score (nSPS) is 10.8. The number of nitro benzene ring substituents is 1. The number of methoxy groups -OCH3 is 1. The van der Waals surface area contributed by atoms with Crippen LogP contribution in [0.15, 0.2) is 52.4 Å². The first-order valence-corrected chi connectivity index (χ1v) is 7.84. The molecule has 0 aliphatic rings. The Labute approximate surface area is 157 Å². The molecule has 11 nitrogen and oxygen atoms in total. The van der Waals surface area contributed by atoms with Gasteiger partial charge in [0.2, 0.25) is 5.95 Å². The number of nitrogens with zero attached hydrogens (tertiary/aromatic N) is 4. The predicted octanol–water partition coefficient (Wildman–Crippen LogP) is 1.27. The lowest BCUT2D eigenvalue weighted by molar-refractivity contribution is -0.398. The van der Waals surface area contributed by atoms with E-state index in [1.54, 1.807) is 24.3 Å². The van der Waals surface area contributed by atoms with Crippen LogP contribution < -0.4 is 20.8 Å². The summed E-state index contributed by atoms with van der Waals surface area (Å²) in [5.74, 6) is -1.04. The van der Waals surface area contributed by atoms with E-state index in [1.807, 2.05) is 6.07 Å². The van der Waals surface area contributed by atoms with Crippen molar-refractivity contribution in [1.29, 1.82) is 0 Å². The van der Waals surface area contributed by atoms with Crippen molar-refractivity contribution in [3.8, 4) is 22.8 Å². The number of hydrogen-bond acceptors (Lipinski definition) is 9. The van der Waals surface area contributed by atoms with Crippen molar-refractivity contribution < 1.29 is 14.8 Å². The standard InChI is InChI=1S/C17H14N6O5/c1-28-13-8-10(7-12(15(13)24)23(26)27)9-18-21-17-19-16(25)14(20-22-17)11-5-3-2-4-6-11/h2-9,24H,1H3,(H2,19,21,22,25)/p-1/b18-9+. The van der Waals surface area contributed by atoms with Gasteiger partial charge in [-0.25, -0.2) is 5.43 Å². The number of H-pyrrole nitrogens is 1. The van der Waals surface area contributed by atoms with Gasteiger partial charge >= 0.3 is 0 Å². The van der Waals surface area contributed by atoms with E-state index in [1.165, 1.54) is 19.4 Å². The third-order valence-electron chi connectivity index (χ3n) is 3.60. The minimum atomic E-state index is -0.829. The molecule has 0 unspecified atom stereocenters. The predicted molar refractivity (Wildman–Crippen MR) is 98.4 cm³/mol. The third-order valence-corrected chi connectivity index (χ3v) is 3.60. The average molecular weight is 381 g/mol.